The molecule has 1 saturated heterocycles. The van der Waals surface area contributed by atoms with Crippen molar-refractivity contribution in [1.82, 2.24) is 4.90 Å². The van der Waals surface area contributed by atoms with Crippen molar-refractivity contribution < 1.29 is 9.53 Å². The minimum Gasteiger partial charge on any atom is -0.381 e. The molecule has 1 aliphatic rings. The van der Waals surface area contributed by atoms with Gasteiger partial charge in [-0.3, -0.25) is 4.79 Å². The predicted octanol–water partition coefficient (Wildman–Crippen LogP) is 2.47. The number of piperidine rings is 1. The van der Waals surface area contributed by atoms with Crippen LogP contribution in [0.5, 0.6) is 0 Å². The van der Waals surface area contributed by atoms with Crippen LogP contribution in [0.25, 0.3) is 0 Å². The van der Waals surface area contributed by atoms with E-state index in [0.29, 0.717) is 17.4 Å². The Morgan fingerprint density at radius 1 is 1.65 bits per heavy atom. The lowest BCUT2D eigenvalue weighted by atomic mass is 9.97. The number of thiophene rings is 1. The van der Waals surface area contributed by atoms with Crippen LogP contribution in [0.4, 0.5) is 0 Å². The highest BCUT2D eigenvalue weighted by Crippen LogP contribution is 2.31. The highest BCUT2D eigenvalue weighted by atomic mass is 35.5. The zero-order valence-corrected chi connectivity index (χ0v) is 13.4. The average molecular weight is 317 g/mol. The lowest BCUT2D eigenvalue weighted by molar-refractivity contribution is -0.138. The molecule has 1 amide bonds. The Balaban J connectivity index is 2.07. The van der Waals surface area contributed by atoms with Crippen LogP contribution in [0.2, 0.25) is 4.34 Å². The van der Waals surface area contributed by atoms with Gasteiger partial charge in [0.2, 0.25) is 5.91 Å². The van der Waals surface area contributed by atoms with Crippen molar-refractivity contribution in [3.8, 4) is 0 Å². The average Bonchev–Trinajstić information content (AvgIpc) is 2.91. The van der Waals surface area contributed by atoms with E-state index in [1.54, 1.807) is 7.11 Å². The van der Waals surface area contributed by atoms with E-state index in [1.165, 1.54) is 11.3 Å². The van der Waals surface area contributed by atoms with Crippen LogP contribution in [0.1, 0.15) is 30.6 Å². The van der Waals surface area contributed by atoms with Gasteiger partial charge in [0.15, 0.2) is 0 Å². The first-order valence-corrected chi connectivity index (χ1v) is 8.04. The Kier molecular flexibility index (Phi) is 5.43. The summed E-state index contributed by atoms with van der Waals surface area (Å²) in [4.78, 5) is 15.6. The monoisotopic (exact) mass is 316 g/mol. The van der Waals surface area contributed by atoms with Crippen LogP contribution in [-0.4, -0.2) is 43.2 Å². The molecule has 2 heterocycles. The van der Waals surface area contributed by atoms with Gasteiger partial charge in [-0.1, -0.05) is 11.6 Å². The zero-order chi connectivity index (χ0) is 14.7. The Hall–Kier alpha value is -0.620. The van der Waals surface area contributed by atoms with Crippen LogP contribution in [-0.2, 0) is 9.53 Å². The molecule has 0 saturated carbocycles. The largest absolute Gasteiger partial charge is 0.381 e. The van der Waals surface area contributed by atoms with E-state index < -0.39 is 0 Å². The van der Waals surface area contributed by atoms with Gasteiger partial charge >= 0.3 is 0 Å². The molecule has 6 heteroatoms. The van der Waals surface area contributed by atoms with Crippen molar-refractivity contribution in [2.45, 2.75) is 37.8 Å². The van der Waals surface area contributed by atoms with Crippen molar-refractivity contribution >= 4 is 28.8 Å². The molecule has 1 aromatic rings. The minimum atomic E-state index is -0.166. The van der Waals surface area contributed by atoms with Crippen molar-refractivity contribution in [3.63, 3.8) is 0 Å². The lowest BCUT2D eigenvalue weighted by Gasteiger charge is -2.39. The molecular weight excluding hydrogens is 296 g/mol. The summed E-state index contributed by atoms with van der Waals surface area (Å²) in [6.07, 6.45) is 1.90. The van der Waals surface area contributed by atoms with Gasteiger partial charge < -0.3 is 15.4 Å². The molecule has 0 bridgehead atoms. The Morgan fingerprint density at radius 3 is 2.95 bits per heavy atom. The van der Waals surface area contributed by atoms with E-state index in [4.69, 9.17) is 22.1 Å². The third-order valence-corrected chi connectivity index (χ3v) is 5.36. The van der Waals surface area contributed by atoms with Gasteiger partial charge in [-0.05, 0) is 31.9 Å². The molecule has 3 unspecified atom stereocenters. The van der Waals surface area contributed by atoms with E-state index in [-0.39, 0.29) is 24.0 Å². The predicted molar refractivity (Wildman–Crippen MR) is 82.3 cm³/mol. The van der Waals surface area contributed by atoms with Crippen LogP contribution in [0.15, 0.2) is 12.1 Å². The molecule has 1 aromatic heterocycles. The Bertz CT molecular complexity index is 466. The molecule has 0 aliphatic carbocycles. The first-order valence-electron chi connectivity index (χ1n) is 6.85. The Morgan fingerprint density at radius 2 is 2.40 bits per heavy atom. The van der Waals surface area contributed by atoms with E-state index in [0.717, 1.165) is 17.7 Å². The summed E-state index contributed by atoms with van der Waals surface area (Å²) in [5.74, 6) is -0.0332. The van der Waals surface area contributed by atoms with Crippen molar-refractivity contribution in [1.29, 1.82) is 0 Å². The third-order valence-electron chi connectivity index (χ3n) is 3.95. The fourth-order valence-corrected chi connectivity index (χ4v) is 3.78. The van der Waals surface area contributed by atoms with Crippen molar-refractivity contribution in [3.05, 3.63) is 21.3 Å². The first kappa shape index (κ1) is 15.8. The second-order valence-corrected chi connectivity index (χ2v) is 6.91. The summed E-state index contributed by atoms with van der Waals surface area (Å²) in [6.45, 7) is 3.12. The highest BCUT2D eigenvalue weighted by Gasteiger charge is 2.33. The SMILES string of the molecule is COC1CCN(C(=O)C(C)c2ccc(Cl)s2)C(CN)C1. The van der Waals surface area contributed by atoms with E-state index in [9.17, 15) is 4.79 Å². The summed E-state index contributed by atoms with van der Waals surface area (Å²) in [5.41, 5.74) is 5.82. The Labute approximate surface area is 128 Å². The standard InChI is InChI=1S/C14H21ClN2O2S/c1-9(12-3-4-13(15)20-12)14(18)17-6-5-11(19-2)7-10(17)8-16/h3-4,9-11H,5-8,16H2,1-2H3. The van der Waals surface area contributed by atoms with Gasteiger partial charge in [0, 0.05) is 31.1 Å². The molecule has 112 valence electrons. The number of halogens is 1. The van der Waals surface area contributed by atoms with E-state index >= 15 is 0 Å². The fourth-order valence-electron chi connectivity index (χ4n) is 2.67. The normalized spacial score (nSPS) is 24.7. The second kappa shape index (κ2) is 6.89. The molecule has 0 aromatic carbocycles. The molecular formula is C14H21ClN2O2S. The fraction of sp³-hybridized carbons (Fsp3) is 0.643. The summed E-state index contributed by atoms with van der Waals surface area (Å²) in [7, 11) is 1.71. The zero-order valence-electron chi connectivity index (χ0n) is 11.8. The maximum absolute atomic E-state index is 12.7. The number of hydrogen-bond acceptors (Lipinski definition) is 4. The van der Waals surface area contributed by atoms with Crippen LogP contribution < -0.4 is 5.73 Å². The van der Waals surface area contributed by atoms with Gasteiger partial charge in [0.1, 0.15) is 0 Å². The number of amides is 1. The lowest BCUT2D eigenvalue weighted by Crippen LogP contribution is -2.52. The number of likely N-dealkylation sites (tertiary alicyclic amines) is 1. The number of nitrogens with zero attached hydrogens (tertiary/aromatic N) is 1. The van der Waals surface area contributed by atoms with Crippen LogP contribution in [0.3, 0.4) is 0 Å². The molecule has 4 nitrogen and oxygen atoms in total. The molecule has 20 heavy (non-hydrogen) atoms. The van der Waals surface area contributed by atoms with Gasteiger partial charge in [-0.15, -0.1) is 11.3 Å². The quantitative estimate of drug-likeness (QED) is 0.928. The highest BCUT2D eigenvalue weighted by molar-refractivity contribution is 7.16. The minimum absolute atomic E-state index is 0.0686. The number of methoxy groups -OCH3 is 1. The summed E-state index contributed by atoms with van der Waals surface area (Å²) in [6, 6.07) is 3.83. The number of carbonyl (C=O) groups is 1. The molecule has 0 spiro atoms. The summed E-state index contributed by atoms with van der Waals surface area (Å²) < 4.78 is 6.11. The van der Waals surface area contributed by atoms with Crippen LogP contribution in [0, 0.1) is 0 Å². The topological polar surface area (TPSA) is 55.6 Å². The van der Waals surface area contributed by atoms with Crippen molar-refractivity contribution in [2.75, 3.05) is 20.2 Å². The molecule has 2 N–H and O–H groups in total. The third kappa shape index (κ3) is 3.34. The van der Waals surface area contributed by atoms with Gasteiger partial charge in [0.25, 0.3) is 0 Å². The van der Waals surface area contributed by atoms with Crippen LogP contribution >= 0.6 is 22.9 Å². The number of nitrogens with two attached hydrogens (primary N) is 1. The molecule has 1 aliphatic heterocycles. The number of ether oxygens (including phenoxy) is 1. The maximum Gasteiger partial charge on any atom is 0.230 e. The summed E-state index contributed by atoms with van der Waals surface area (Å²) >= 11 is 7.41. The van der Waals surface area contributed by atoms with E-state index in [2.05, 4.69) is 0 Å². The van der Waals surface area contributed by atoms with Gasteiger partial charge in [0.05, 0.1) is 16.4 Å². The molecule has 1 fully saturated rings. The summed E-state index contributed by atoms with van der Waals surface area (Å²) in [5, 5.41) is 0. The maximum atomic E-state index is 12.7. The van der Waals surface area contributed by atoms with Gasteiger partial charge in [-0.25, -0.2) is 0 Å². The number of carbonyl (C=O) groups excluding carboxylic acids is 1. The smallest absolute Gasteiger partial charge is 0.230 e. The first-order chi connectivity index (χ1) is 9.56. The van der Waals surface area contributed by atoms with Gasteiger partial charge in [-0.2, -0.15) is 0 Å². The van der Waals surface area contributed by atoms with E-state index in [1.807, 2.05) is 24.0 Å². The van der Waals surface area contributed by atoms with Crippen molar-refractivity contribution in [2.24, 2.45) is 5.73 Å². The molecule has 2 rings (SSSR count). The number of rotatable bonds is 4. The second-order valence-electron chi connectivity index (χ2n) is 5.17. The molecule has 3 atom stereocenters. The number of hydrogen-bond donors (Lipinski definition) is 1. The molecule has 0 radical (unpaired) electrons.